The van der Waals surface area contributed by atoms with Crippen LogP contribution < -0.4 is 5.32 Å². The molecule has 9 heteroatoms. The fourth-order valence-corrected chi connectivity index (χ4v) is 5.36. The topological polar surface area (TPSA) is 88.8 Å². The summed E-state index contributed by atoms with van der Waals surface area (Å²) in [6, 6.07) is 17.4. The van der Waals surface area contributed by atoms with Gasteiger partial charge in [0.05, 0.1) is 24.9 Å². The normalized spacial score (nSPS) is 16.1. The zero-order valence-electron chi connectivity index (χ0n) is 18.8. The van der Waals surface area contributed by atoms with Crippen LogP contribution in [0.25, 0.3) is 16.1 Å². The molecule has 4 aromatic rings. The lowest BCUT2D eigenvalue weighted by atomic mass is 10.2. The maximum Gasteiger partial charge on any atom is 0.350 e. The molecule has 1 unspecified atom stereocenters. The number of esters is 1. The van der Waals surface area contributed by atoms with Crippen LogP contribution in [0.2, 0.25) is 0 Å². The molecule has 1 amide bonds. The summed E-state index contributed by atoms with van der Waals surface area (Å²) in [4.78, 5) is 29.1. The summed E-state index contributed by atoms with van der Waals surface area (Å²) in [6.45, 7) is 3.03. The number of rotatable bonds is 7. The van der Waals surface area contributed by atoms with Crippen molar-refractivity contribution in [3.63, 3.8) is 0 Å². The van der Waals surface area contributed by atoms with Gasteiger partial charge in [0.1, 0.15) is 4.88 Å². The van der Waals surface area contributed by atoms with Crippen molar-refractivity contribution in [3.8, 4) is 10.4 Å². The summed E-state index contributed by atoms with van der Waals surface area (Å²) in [7, 11) is 0. The molecule has 1 fully saturated rings. The largest absolute Gasteiger partial charge is 0.462 e. The average Bonchev–Trinajstić information content (AvgIpc) is 3.58. The highest BCUT2D eigenvalue weighted by Crippen LogP contribution is 2.36. The molecule has 4 heterocycles. The monoisotopic (exact) mass is 475 g/mol. The number of carbonyl (C=O) groups is 2. The van der Waals surface area contributed by atoms with Crippen molar-refractivity contribution >= 4 is 34.5 Å². The van der Waals surface area contributed by atoms with E-state index in [2.05, 4.69) is 20.4 Å². The number of ether oxygens (including phenoxy) is 1. The predicted molar refractivity (Wildman–Crippen MR) is 131 cm³/mol. The minimum atomic E-state index is -0.432. The van der Waals surface area contributed by atoms with Crippen LogP contribution in [-0.4, -0.2) is 51.1 Å². The third kappa shape index (κ3) is 4.44. The number of anilines is 1. The smallest absolute Gasteiger partial charge is 0.350 e. The number of amides is 1. The zero-order chi connectivity index (χ0) is 23.5. The van der Waals surface area contributed by atoms with Gasteiger partial charge >= 0.3 is 5.97 Å². The summed E-state index contributed by atoms with van der Waals surface area (Å²) in [5.41, 5.74) is 2.26. The highest BCUT2D eigenvalue weighted by molar-refractivity contribution is 7.18. The van der Waals surface area contributed by atoms with Gasteiger partial charge in [0.15, 0.2) is 11.5 Å². The van der Waals surface area contributed by atoms with Gasteiger partial charge in [-0.25, -0.2) is 4.79 Å². The molecule has 3 aromatic heterocycles. The van der Waals surface area contributed by atoms with E-state index in [1.807, 2.05) is 65.2 Å². The van der Waals surface area contributed by atoms with Gasteiger partial charge in [-0.3, -0.25) is 14.1 Å². The number of nitrogens with zero attached hydrogens (tertiary/aromatic N) is 4. The highest BCUT2D eigenvalue weighted by Gasteiger charge is 2.31. The SMILES string of the molecule is CCOC(=O)c1sc(-c2ccccc2)cc1NC(=O)CN1CCCC1c1nnc2ccccn12. The van der Waals surface area contributed by atoms with Gasteiger partial charge in [0, 0.05) is 11.1 Å². The minimum Gasteiger partial charge on any atom is -0.462 e. The number of carbonyl (C=O) groups excluding carboxylic acids is 2. The molecule has 0 radical (unpaired) electrons. The second kappa shape index (κ2) is 9.74. The van der Waals surface area contributed by atoms with Crippen LogP contribution in [0.4, 0.5) is 5.69 Å². The molecule has 1 atom stereocenters. The summed E-state index contributed by atoms with van der Waals surface area (Å²) in [6.07, 6.45) is 3.83. The fraction of sp³-hybridized carbons (Fsp3) is 0.280. The van der Waals surface area contributed by atoms with Crippen LogP contribution in [0.1, 0.15) is 41.3 Å². The van der Waals surface area contributed by atoms with Gasteiger partial charge in [0.25, 0.3) is 0 Å². The number of fused-ring (bicyclic) bond motifs is 1. The Morgan fingerprint density at radius 1 is 1.15 bits per heavy atom. The third-order valence-corrected chi connectivity index (χ3v) is 7.04. The first-order valence-electron chi connectivity index (χ1n) is 11.3. The van der Waals surface area contributed by atoms with Gasteiger partial charge in [-0.05, 0) is 50.1 Å². The molecule has 0 aliphatic carbocycles. The Morgan fingerprint density at radius 3 is 2.79 bits per heavy atom. The standard InChI is InChI=1S/C25H25N5O3S/c1-2-33-25(32)23-18(15-20(34-23)17-9-4-3-5-10-17)26-22(31)16-29-13-8-11-19(29)24-28-27-21-12-6-7-14-30(21)24/h3-7,9-10,12,14-15,19H,2,8,11,13,16H2,1H3,(H,26,31). The Balaban J connectivity index is 1.35. The van der Waals surface area contributed by atoms with Gasteiger partial charge in [-0.1, -0.05) is 36.4 Å². The summed E-state index contributed by atoms with van der Waals surface area (Å²) >= 11 is 1.32. The lowest BCUT2D eigenvalue weighted by molar-refractivity contribution is -0.117. The maximum absolute atomic E-state index is 13.1. The molecule has 0 saturated carbocycles. The van der Waals surface area contributed by atoms with E-state index in [1.165, 1.54) is 11.3 Å². The molecule has 8 nitrogen and oxygen atoms in total. The van der Waals surface area contributed by atoms with E-state index in [0.29, 0.717) is 10.6 Å². The van der Waals surface area contributed by atoms with Crippen LogP contribution in [0.5, 0.6) is 0 Å². The van der Waals surface area contributed by atoms with E-state index in [4.69, 9.17) is 4.74 Å². The Kier molecular flexibility index (Phi) is 6.37. The molecule has 0 bridgehead atoms. The number of hydrogen-bond acceptors (Lipinski definition) is 7. The van der Waals surface area contributed by atoms with Crippen LogP contribution in [0, 0.1) is 0 Å². The van der Waals surface area contributed by atoms with Crippen molar-refractivity contribution in [1.82, 2.24) is 19.5 Å². The fourth-order valence-electron chi connectivity index (χ4n) is 4.35. The Morgan fingerprint density at radius 2 is 1.97 bits per heavy atom. The highest BCUT2D eigenvalue weighted by atomic mass is 32.1. The molecule has 5 rings (SSSR count). The molecule has 1 aliphatic rings. The number of benzene rings is 1. The first-order valence-corrected chi connectivity index (χ1v) is 12.2. The van der Waals surface area contributed by atoms with E-state index < -0.39 is 5.97 Å². The second-order valence-electron chi connectivity index (χ2n) is 8.10. The van der Waals surface area contributed by atoms with Crippen molar-refractivity contribution in [3.05, 3.63) is 71.5 Å². The lowest BCUT2D eigenvalue weighted by Crippen LogP contribution is -2.33. The molecule has 34 heavy (non-hydrogen) atoms. The van der Waals surface area contributed by atoms with Crippen molar-refractivity contribution in [1.29, 1.82) is 0 Å². The number of pyridine rings is 1. The van der Waals surface area contributed by atoms with E-state index in [9.17, 15) is 9.59 Å². The molecule has 0 spiro atoms. The van der Waals surface area contributed by atoms with Crippen molar-refractivity contribution in [2.45, 2.75) is 25.8 Å². The molecular weight excluding hydrogens is 450 g/mol. The quantitative estimate of drug-likeness (QED) is 0.398. The minimum absolute atomic E-state index is 0.00929. The van der Waals surface area contributed by atoms with Crippen molar-refractivity contribution in [2.75, 3.05) is 25.0 Å². The second-order valence-corrected chi connectivity index (χ2v) is 9.16. The molecule has 1 aliphatic heterocycles. The van der Waals surface area contributed by atoms with Crippen LogP contribution >= 0.6 is 11.3 Å². The van der Waals surface area contributed by atoms with E-state index in [0.717, 1.165) is 41.3 Å². The van der Waals surface area contributed by atoms with Crippen LogP contribution in [-0.2, 0) is 9.53 Å². The number of aromatic nitrogens is 3. The van der Waals surface area contributed by atoms with Gasteiger partial charge < -0.3 is 10.1 Å². The van der Waals surface area contributed by atoms with Crippen LogP contribution in [0.3, 0.4) is 0 Å². The molecule has 1 aromatic carbocycles. The van der Waals surface area contributed by atoms with E-state index in [-0.39, 0.29) is 25.1 Å². The summed E-state index contributed by atoms with van der Waals surface area (Å²) in [5, 5.41) is 11.6. The third-order valence-electron chi connectivity index (χ3n) is 5.87. The molecule has 174 valence electrons. The Hall–Kier alpha value is -3.56. The number of thiophene rings is 1. The van der Waals surface area contributed by atoms with Gasteiger partial charge in [-0.2, -0.15) is 0 Å². The molecule has 1 saturated heterocycles. The Labute approximate surface area is 201 Å². The number of likely N-dealkylation sites (tertiary alicyclic amines) is 1. The van der Waals surface area contributed by atoms with Gasteiger partial charge in [0.2, 0.25) is 5.91 Å². The van der Waals surface area contributed by atoms with E-state index >= 15 is 0 Å². The van der Waals surface area contributed by atoms with E-state index in [1.54, 1.807) is 6.92 Å². The molecular formula is C25H25N5O3S. The lowest BCUT2D eigenvalue weighted by Gasteiger charge is -2.22. The van der Waals surface area contributed by atoms with Crippen LogP contribution in [0.15, 0.2) is 60.8 Å². The Bertz CT molecular complexity index is 1320. The molecule has 1 N–H and O–H groups in total. The van der Waals surface area contributed by atoms with Gasteiger partial charge in [-0.15, -0.1) is 21.5 Å². The summed E-state index contributed by atoms with van der Waals surface area (Å²) in [5.74, 6) is 0.234. The van der Waals surface area contributed by atoms with Crippen molar-refractivity contribution in [2.24, 2.45) is 0 Å². The number of hydrogen-bond donors (Lipinski definition) is 1. The number of nitrogens with one attached hydrogen (secondary N) is 1. The van der Waals surface area contributed by atoms with Crippen molar-refractivity contribution < 1.29 is 14.3 Å². The zero-order valence-corrected chi connectivity index (χ0v) is 19.6. The first-order chi connectivity index (χ1) is 16.6. The first kappa shape index (κ1) is 22.2. The predicted octanol–water partition coefficient (Wildman–Crippen LogP) is 4.41. The summed E-state index contributed by atoms with van der Waals surface area (Å²) < 4.78 is 7.21. The maximum atomic E-state index is 13.1. The average molecular weight is 476 g/mol.